The number of pyridine rings is 3. The summed E-state index contributed by atoms with van der Waals surface area (Å²) in [5, 5.41) is 13.6. The van der Waals surface area contributed by atoms with Crippen molar-refractivity contribution >= 4 is 44.6 Å². The average Bonchev–Trinajstić information content (AvgIpc) is 3.30. The molecule has 0 atom stereocenters. The molecule has 0 spiro atoms. The number of nitrogens with zero attached hydrogens (tertiary/aromatic N) is 4. The summed E-state index contributed by atoms with van der Waals surface area (Å²) in [5.41, 5.74) is 3.55. The van der Waals surface area contributed by atoms with Gasteiger partial charge in [-0.3, -0.25) is 9.88 Å². The lowest BCUT2D eigenvalue weighted by atomic mass is 10.0. The minimum absolute atomic E-state index is 0.168. The molecule has 0 saturated heterocycles. The van der Waals surface area contributed by atoms with E-state index in [1.807, 2.05) is 54.6 Å². The zero-order valence-corrected chi connectivity index (χ0v) is 17.9. The number of aromatic nitrogens is 3. The van der Waals surface area contributed by atoms with Crippen LogP contribution in [0, 0.1) is 0 Å². The Labute approximate surface area is 193 Å². The Bertz CT molecular complexity index is 1650. The molecule has 0 aliphatic heterocycles. The quantitative estimate of drug-likeness (QED) is 0.343. The summed E-state index contributed by atoms with van der Waals surface area (Å²) in [6.07, 6.45) is 5.74. The van der Waals surface area contributed by atoms with Crippen LogP contribution in [0.1, 0.15) is 5.56 Å². The molecule has 0 radical (unpaired) electrons. The van der Waals surface area contributed by atoms with Crippen LogP contribution in [0.5, 0.6) is 0 Å². The molecule has 0 aliphatic rings. The molecule has 164 valence electrons. The molecule has 0 fully saturated rings. The zero-order chi connectivity index (χ0) is 23.1. The number of carboxylic acid groups (broad SMARTS) is 1. The highest BCUT2D eigenvalue weighted by atomic mass is 16.4. The molecule has 7 heteroatoms. The molecule has 0 aliphatic carbocycles. The van der Waals surface area contributed by atoms with E-state index in [0.717, 1.165) is 38.6 Å². The van der Waals surface area contributed by atoms with E-state index < -0.39 is 6.09 Å². The number of rotatable bonds is 4. The average molecular weight is 446 g/mol. The molecule has 4 aromatic heterocycles. The van der Waals surface area contributed by atoms with Gasteiger partial charge in [0.05, 0.1) is 12.2 Å². The lowest BCUT2D eigenvalue weighted by Gasteiger charge is -2.21. The Morgan fingerprint density at radius 1 is 0.882 bits per heavy atom. The molecule has 0 unspecified atom stereocenters. The lowest BCUT2D eigenvalue weighted by molar-refractivity contribution is 0.201. The van der Waals surface area contributed by atoms with Crippen molar-refractivity contribution in [3.63, 3.8) is 0 Å². The van der Waals surface area contributed by atoms with Gasteiger partial charge in [0.15, 0.2) is 5.65 Å². The van der Waals surface area contributed by atoms with Crippen molar-refractivity contribution in [1.29, 1.82) is 0 Å². The maximum Gasteiger partial charge on any atom is 0.412 e. The van der Waals surface area contributed by atoms with Crippen LogP contribution in [0.15, 0.2) is 95.9 Å². The van der Waals surface area contributed by atoms with Gasteiger partial charge in [-0.2, -0.15) is 0 Å². The van der Waals surface area contributed by atoms with Gasteiger partial charge >= 0.3 is 6.09 Å². The van der Waals surface area contributed by atoms with E-state index in [-0.39, 0.29) is 6.54 Å². The minimum atomic E-state index is -1.05. The van der Waals surface area contributed by atoms with Crippen molar-refractivity contribution in [1.82, 2.24) is 15.0 Å². The van der Waals surface area contributed by atoms with Crippen molar-refractivity contribution in [2.45, 2.75) is 6.54 Å². The lowest BCUT2D eigenvalue weighted by Crippen LogP contribution is -2.28. The molecule has 34 heavy (non-hydrogen) atoms. The summed E-state index contributed by atoms with van der Waals surface area (Å²) in [5.74, 6) is 0.720. The van der Waals surface area contributed by atoms with Gasteiger partial charge in [0.25, 0.3) is 0 Å². The number of amides is 1. The number of benzene rings is 2. The summed E-state index contributed by atoms with van der Waals surface area (Å²) in [6.45, 7) is 0.168. The van der Waals surface area contributed by atoms with E-state index in [4.69, 9.17) is 4.42 Å². The second-order valence-electron chi connectivity index (χ2n) is 7.96. The highest BCUT2D eigenvalue weighted by Gasteiger charge is 2.19. The van der Waals surface area contributed by atoms with E-state index in [2.05, 4.69) is 15.0 Å². The maximum atomic E-state index is 12.3. The Hall–Kier alpha value is -4.78. The summed E-state index contributed by atoms with van der Waals surface area (Å²) in [6, 6.07) is 21.0. The number of anilines is 1. The van der Waals surface area contributed by atoms with Crippen LogP contribution in [0.2, 0.25) is 0 Å². The number of fused-ring (bicyclic) bond motifs is 3. The monoisotopic (exact) mass is 446 g/mol. The number of para-hydroxylation sites is 1. The molecule has 6 aromatic rings. The molecule has 7 nitrogen and oxygen atoms in total. The molecule has 1 N–H and O–H groups in total. The number of carbonyl (C=O) groups is 1. The predicted octanol–water partition coefficient (Wildman–Crippen LogP) is 6.28. The SMILES string of the molecule is O=C(O)N(Cc1ccc2cncc(-c3cc4ccccc4o3)c2c1)c1ccnc2ncccc12. The highest BCUT2D eigenvalue weighted by molar-refractivity contribution is 5.99. The Kier molecular flexibility index (Phi) is 4.66. The first-order chi connectivity index (χ1) is 16.7. The van der Waals surface area contributed by atoms with Crippen LogP contribution in [-0.2, 0) is 6.54 Å². The Balaban J connectivity index is 1.44. The van der Waals surface area contributed by atoms with Crippen LogP contribution in [0.3, 0.4) is 0 Å². The molecule has 2 aromatic carbocycles. The van der Waals surface area contributed by atoms with Gasteiger partial charge < -0.3 is 9.52 Å². The molecule has 0 saturated carbocycles. The van der Waals surface area contributed by atoms with Crippen molar-refractivity contribution < 1.29 is 14.3 Å². The molecular weight excluding hydrogens is 428 g/mol. The molecule has 0 bridgehead atoms. The summed E-state index contributed by atoms with van der Waals surface area (Å²) >= 11 is 0. The van der Waals surface area contributed by atoms with Gasteiger partial charge in [0.2, 0.25) is 0 Å². The van der Waals surface area contributed by atoms with Crippen molar-refractivity contribution in [2.75, 3.05) is 4.90 Å². The van der Waals surface area contributed by atoms with Crippen LogP contribution in [0.4, 0.5) is 10.5 Å². The third kappa shape index (κ3) is 3.40. The van der Waals surface area contributed by atoms with E-state index in [1.165, 1.54) is 4.90 Å². The third-order valence-corrected chi connectivity index (χ3v) is 5.87. The third-order valence-electron chi connectivity index (χ3n) is 5.87. The Morgan fingerprint density at radius 2 is 1.76 bits per heavy atom. The van der Waals surface area contributed by atoms with E-state index >= 15 is 0 Å². The van der Waals surface area contributed by atoms with Gasteiger partial charge in [-0.25, -0.2) is 14.8 Å². The van der Waals surface area contributed by atoms with Gasteiger partial charge in [-0.15, -0.1) is 0 Å². The summed E-state index contributed by atoms with van der Waals surface area (Å²) in [4.78, 5) is 26.4. The van der Waals surface area contributed by atoms with Gasteiger partial charge in [0.1, 0.15) is 11.3 Å². The molecule has 4 heterocycles. The topological polar surface area (TPSA) is 92.3 Å². The number of hydrogen-bond donors (Lipinski definition) is 1. The number of hydrogen-bond acceptors (Lipinski definition) is 5. The van der Waals surface area contributed by atoms with Crippen LogP contribution in [-0.4, -0.2) is 26.2 Å². The first-order valence-electron chi connectivity index (χ1n) is 10.7. The first kappa shape index (κ1) is 19.9. The van der Waals surface area contributed by atoms with Gasteiger partial charge in [-0.05, 0) is 47.3 Å². The van der Waals surface area contributed by atoms with Crippen LogP contribution >= 0.6 is 0 Å². The molecular formula is C27H18N4O3. The normalized spacial score (nSPS) is 11.3. The van der Waals surface area contributed by atoms with Crippen LogP contribution in [0.25, 0.3) is 44.1 Å². The summed E-state index contributed by atoms with van der Waals surface area (Å²) < 4.78 is 6.08. The molecule has 1 amide bonds. The van der Waals surface area contributed by atoms with Crippen molar-refractivity contribution in [2.24, 2.45) is 0 Å². The maximum absolute atomic E-state index is 12.3. The van der Waals surface area contributed by atoms with Gasteiger partial charge in [0, 0.05) is 46.5 Å². The fraction of sp³-hybridized carbons (Fsp3) is 0.0370. The summed E-state index contributed by atoms with van der Waals surface area (Å²) in [7, 11) is 0. The fourth-order valence-corrected chi connectivity index (χ4v) is 4.26. The Morgan fingerprint density at radius 3 is 2.65 bits per heavy atom. The van der Waals surface area contributed by atoms with Crippen LogP contribution < -0.4 is 4.90 Å². The van der Waals surface area contributed by atoms with E-state index in [0.29, 0.717) is 16.7 Å². The van der Waals surface area contributed by atoms with E-state index in [9.17, 15) is 9.90 Å². The van der Waals surface area contributed by atoms with Gasteiger partial charge in [-0.1, -0.05) is 30.3 Å². The first-order valence-corrected chi connectivity index (χ1v) is 10.7. The number of furan rings is 1. The predicted molar refractivity (Wildman–Crippen MR) is 131 cm³/mol. The smallest absolute Gasteiger partial charge is 0.412 e. The van der Waals surface area contributed by atoms with E-state index in [1.54, 1.807) is 36.9 Å². The van der Waals surface area contributed by atoms with Crippen molar-refractivity contribution in [3.05, 3.63) is 97.1 Å². The second kappa shape index (κ2) is 7.97. The fourth-order valence-electron chi connectivity index (χ4n) is 4.26. The second-order valence-corrected chi connectivity index (χ2v) is 7.96. The highest BCUT2D eigenvalue weighted by Crippen LogP contribution is 2.33. The molecule has 6 rings (SSSR count). The largest absolute Gasteiger partial charge is 0.465 e. The minimum Gasteiger partial charge on any atom is -0.465 e. The van der Waals surface area contributed by atoms with Crippen molar-refractivity contribution in [3.8, 4) is 11.3 Å². The zero-order valence-electron chi connectivity index (χ0n) is 17.9. The standard InChI is InChI=1S/C27H18N4O3/c32-27(33)31(23-9-11-30-26-20(23)5-3-10-29-26)16-17-7-8-19-14-28-15-22(21(19)12-17)25-13-18-4-1-2-6-24(18)34-25/h1-15H,16H2,(H,32,33).